The van der Waals surface area contributed by atoms with Crippen LogP contribution in [0.15, 0.2) is 30.5 Å². The number of fused-ring (bicyclic) bond motifs is 1. The summed E-state index contributed by atoms with van der Waals surface area (Å²) in [6.45, 7) is 8.99. The van der Waals surface area contributed by atoms with Crippen molar-refractivity contribution >= 4 is 10.9 Å². The van der Waals surface area contributed by atoms with E-state index >= 15 is 0 Å². The summed E-state index contributed by atoms with van der Waals surface area (Å²) in [5, 5.41) is 4.82. The van der Waals surface area contributed by atoms with Crippen molar-refractivity contribution in [3.8, 4) is 0 Å². The van der Waals surface area contributed by atoms with Crippen LogP contribution in [-0.2, 0) is 17.8 Å². The van der Waals surface area contributed by atoms with Crippen molar-refractivity contribution in [2.45, 2.75) is 46.2 Å². The first-order valence-corrected chi connectivity index (χ1v) is 8.22. The highest BCUT2D eigenvalue weighted by molar-refractivity contribution is 5.83. The van der Waals surface area contributed by atoms with E-state index in [4.69, 9.17) is 4.74 Å². The number of aromatic nitrogens is 1. The quantitative estimate of drug-likeness (QED) is 0.670. The molecule has 0 aliphatic rings. The van der Waals surface area contributed by atoms with Gasteiger partial charge in [-0.25, -0.2) is 0 Å². The second-order valence-corrected chi connectivity index (χ2v) is 5.51. The summed E-state index contributed by atoms with van der Waals surface area (Å²) in [6.07, 6.45) is 5.69. The Balaban J connectivity index is 2.01. The lowest BCUT2D eigenvalue weighted by molar-refractivity contribution is 0.124. The van der Waals surface area contributed by atoms with Gasteiger partial charge in [0, 0.05) is 25.9 Å². The van der Waals surface area contributed by atoms with Crippen molar-refractivity contribution in [3.63, 3.8) is 0 Å². The average Bonchev–Trinajstić information content (AvgIpc) is 2.91. The lowest BCUT2D eigenvalue weighted by Gasteiger charge is -2.11. The van der Waals surface area contributed by atoms with Crippen LogP contribution in [0, 0.1) is 0 Å². The first-order valence-electron chi connectivity index (χ1n) is 8.22. The largest absolute Gasteiger partial charge is 0.380 e. The normalized spacial score (nSPS) is 11.3. The van der Waals surface area contributed by atoms with Gasteiger partial charge in [-0.3, -0.25) is 0 Å². The number of para-hydroxylation sites is 1. The van der Waals surface area contributed by atoms with Gasteiger partial charge in [-0.05, 0) is 36.4 Å². The minimum atomic E-state index is 0.792. The summed E-state index contributed by atoms with van der Waals surface area (Å²) in [5.74, 6) is 0. The Bertz CT molecular complexity index is 533. The number of nitrogens with zero attached hydrogens (tertiary/aromatic N) is 1. The Morgan fingerprint density at radius 1 is 1.10 bits per heavy atom. The van der Waals surface area contributed by atoms with E-state index in [1.54, 1.807) is 0 Å². The highest BCUT2D eigenvalue weighted by Gasteiger charge is 2.06. The molecule has 0 saturated heterocycles. The number of nitrogens with one attached hydrogen (secondary N) is 1. The third-order valence-corrected chi connectivity index (χ3v) is 3.73. The van der Waals surface area contributed by atoms with Gasteiger partial charge >= 0.3 is 0 Å². The molecule has 1 heterocycles. The standard InChI is InChI=1S/C18H28N2O/c1-3-5-13-21-14-12-20-11-9-16-7-6-8-17(18(16)20)15-19-10-4-2/h6-9,11,19H,3-5,10,12-15H2,1-2H3. The van der Waals surface area contributed by atoms with E-state index in [-0.39, 0.29) is 0 Å². The summed E-state index contributed by atoms with van der Waals surface area (Å²) < 4.78 is 8.02. The van der Waals surface area contributed by atoms with E-state index in [9.17, 15) is 0 Å². The first kappa shape index (κ1) is 16.1. The molecule has 0 spiro atoms. The predicted octanol–water partition coefficient (Wildman–Crippen LogP) is 3.96. The number of ether oxygens (including phenoxy) is 1. The lowest BCUT2D eigenvalue weighted by Crippen LogP contribution is -2.15. The predicted molar refractivity (Wildman–Crippen MR) is 89.7 cm³/mol. The second-order valence-electron chi connectivity index (χ2n) is 5.51. The molecule has 2 aromatic rings. The van der Waals surface area contributed by atoms with Gasteiger partial charge in [0.2, 0.25) is 0 Å². The zero-order valence-electron chi connectivity index (χ0n) is 13.4. The monoisotopic (exact) mass is 288 g/mol. The molecule has 0 fully saturated rings. The lowest BCUT2D eigenvalue weighted by atomic mass is 10.1. The molecule has 0 aliphatic heterocycles. The van der Waals surface area contributed by atoms with Gasteiger partial charge in [0.15, 0.2) is 0 Å². The Hall–Kier alpha value is -1.32. The van der Waals surface area contributed by atoms with E-state index < -0.39 is 0 Å². The number of rotatable bonds is 10. The van der Waals surface area contributed by atoms with Crippen LogP contribution in [0.25, 0.3) is 10.9 Å². The highest BCUT2D eigenvalue weighted by atomic mass is 16.5. The van der Waals surface area contributed by atoms with Crippen LogP contribution in [-0.4, -0.2) is 24.3 Å². The van der Waals surface area contributed by atoms with Crippen LogP contribution in [0.3, 0.4) is 0 Å². The molecule has 0 aliphatic carbocycles. The zero-order valence-corrected chi connectivity index (χ0v) is 13.4. The topological polar surface area (TPSA) is 26.2 Å². The van der Waals surface area contributed by atoms with Crippen molar-refractivity contribution < 1.29 is 4.74 Å². The minimum absolute atomic E-state index is 0.792. The molecule has 1 aromatic heterocycles. The molecule has 0 amide bonds. The summed E-state index contributed by atoms with van der Waals surface area (Å²) in [4.78, 5) is 0. The van der Waals surface area contributed by atoms with Gasteiger partial charge in [-0.15, -0.1) is 0 Å². The van der Waals surface area contributed by atoms with Gasteiger partial charge in [0.25, 0.3) is 0 Å². The Labute approximate surface area is 128 Å². The Kier molecular flexibility index (Phi) is 6.77. The van der Waals surface area contributed by atoms with Gasteiger partial charge in [-0.1, -0.05) is 38.5 Å². The van der Waals surface area contributed by atoms with E-state index in [2.05, 4.69) is 54.2 Å². The summed E-state index contributed by atoms with van der Waals surface area (Å²) in [5.41, 5.74) is 2.72. The summed E-state index contributed by atoms with van der Waals surface area (Å²) in [6, 6.07) is 8.75. The minimum Gasteiger partial charge on any atom is -0.380 e. The Morgan fingerprint density at radius 2 is 2.00 bits per heavy atom. The molecule has 2 rings (SSSR count). The number of benzene rings is 1. The molecule has 1 N–H and O–H groups in total. The van der Waals surface area contributed by atoms with E-state index in [1.165, 1.54) is 29.3 Å². The zero-order chi connectivity index (χ0) is 14.9. The molecule has 0 bridgehead atoms. The summed E-state index contributed by atoms with van der Waals surface area (Å²) >= 11 is 0. The average molecular weight is 288 g/mol. The third kappa shape index (κ3) is 4.58. The maximum atomic E-state index is 5.70. The number of hydrogen-bond donors (Lipinski definition) is 1. The maximum Gasteiger partial charge on any atom is 0.0645 e. The first-order chi connectivity index (χ1) is 10.4. The van der Waals surface area contributed by atoms with Crippen LogP contribution in [0.5, 0.6) is 0 Å². The van der Waals surface area contributed by atoms with Crippen LogP contribution >= 0.6 is 0 Å². The highest BCUT2D eigenvalue weighted by Crippen LogP contribution is 2.20. The van der Waals surface area contributed by atoms with Crippen molar-refractivity contribution in [3.05, 3.63) is 36.0 Å². The van der Waals surface area contributed by atoms with Crippen LogP contribution in [0.4, 0.5) is 0 Å². The smallest absolute Gasteiger partial charge is 0.0645 e. The third-order valence-electron chi connectivity index (χ3n) is 3.73. The molecule has 3 heteroatoms. The van der Waals surface area contributed by atoms with Crippen LogP contribution < -0.4 is 5.32 Å². The fraction of sp³-hybridized carbons (Fsp3) is 0.556. The molecule has 0 radical (unpaired) electrons. The van der Waals surface area contributed by atoms with E-state index in [1.807, 2.05) is 0 Å². The van der Waals surface area contributed by atoms with Gasteiger partial charge in [0.1, 0.15) is 0 Å². The van der Waals surface area contributed by atoms with Gasteiger partial charge in [-0.2, -0.15) is 0 Å². The van der Waals surface area contributed by atoms with Crippen molar-refractivity contribution in [2.75, 3.05) is 19.8 Å². The molecule has 0 saturated carbocycles. The number of unbranched alkanes of at least 4 members (excludes halogenated alkanes) is 1. The second kappa shape index (κ2) is 8.85. The summed E-state index contributed by atoms with van der Waals surface area (Å²) in [7, 11) is 0. The van der Waals surface area contributed by atoms with Crippen molar-refractivity contribution in [1.29, 1.82) is 0 Å². The molecular formula is C18H28N2O. The van der Waals surface area contributed by atoms with Crippen molar-refractivity contribution in [1.82, 2.24) is 9.88 Å². The molecule has 116 valence electrons. The van der Waals surface area contributed by atoms with Crippen molar-refractivity contribution in [2.24, 2.45) is 0 Å². The maximum absolute atomic E-state index is 5.70. The molecular weight excluding hydrogens is 260 g/mol. The Morgan fingerprint density at radius 3 is 2.81 bits per heavy atom. The van der Waals surface area contributed by atoms with E-state index in [0.29, 0.717) is 0 Å². The SMILES string of the molecule is CCCCOCCn1ccc2cccc(CNCCC)c21. The van der Waals surface area contributed by atoms with Gasteiger partial charge < -0.3 is 14.6 Å². The fourth-order valence-electron chi connectivity index (χ4n) is 2.58. The number of hydrogen-bond acceptors (Lipinski definition) is 2. The van der Waals surface area contributed by atoms with Crippen LogP contribution in [0.1, 0.15) is 38.7 Å². The van der Waals surface area contributed by atoms with Crippen LogP contribution in [0.2, 0.25) is 0 Å². The molecule has 21 heavy (non-hydrogen) atoms. The molecule has 0 unspecified atom stereocenters. The van der Waals surface area contributed by atoms with Gasteiger partial charge in [0.05, 0.1) is 12.1 Å². The molecule has 3 nitrogen and oxygen atoms in total. The van der Waals surface area contributed by atoms with E-state index in [0.717, 1.165) is 39.3 Å². The molecule has 1 aromatic carbocycles. The fourth-order valence-corrected chi connectivity index (χ4v) is 2.58. The molecule has 0 atom stereocenters.